The van der Waals surface area contributed by atoms with Crippen LogP contribution in [-0.4, -0.2) is 63.6 Å². The molecule has 1 N–H and O–H groups in total. The summed E-state index contributed by atoms with van der Waals surface area (Å²) in [6.07, 6.45) is 1.94. The second-order valence-electron chi connectivity index (χ2n) is 8.58. The van der Waals surface area contributed by atoms with E-state index >= 15 is 0 Å². The third kappa shape index (κ3) is 4.10. The number of nitrogens with one attached hydrogen (secondary N) is 1. The molecule has 0 bridgehead atoms. The Labute approximate surface area is 202 Å². The summed E-state index contributed by atoms with van der Waals surface area (Å²) in [5.41, 5.74) is 3.90. The average Bonchev–Trinajstić information content (AvgIpc) is 3.41. The van der Waals surface area contributed by atoms with Crippen molar-refractivity contribution in [2.24, 2.45) is 7.05 Å². The van der Waals surface area contributed by atoms with Gasteiger partial charge in [0, 0.05) is 37.3 Å². The second-order valence-corrected chi connectivity index (χ2v) is 8.58. The Bertz CT molecular complexity index is 1400. The summed E-state index contributed by atoms with van der Waals surface area (Å²) < 4.78 is 7.01. The molecule has 0 aliphatic carbocycles. The fourth-order valence-corrected chi connectivity index (χ4v) is 4.47. The van der Waals surface area contributed by atoms with Gasteiger partial charge in [-0.3, -0.25) is 24.0 Å². The predicted molar refractivity (Wildman–Crippen MR) is 130 cm³/mol. The van der Waals surface area contributed by atoms with Crippen molar-refractivity contribution in [1.82, 2.24) is 24.9 Å². The van der Waals surface area contributed by atoms with Gasteiger partial charge < -0.3 is 15.0 Å². The molecule has 3 heterocycles. The van der Waals surface area contributed by atoms with Gasteiger partial charge in [0.05, 0.1) is 31.0 Å². The molecule has 0 radical (unpaired) electrons. The SMILES string of the molecule is C=C(NC(=O)C(=C)N1Cc2c(cccc2-c2ccc3cn(C)nc3c2)C1=O)C(=O)N1CCOCC1. The quantitative estimate of drug-likeness (QED) is 0.576. The van der Waals surface area contributed by atoms with Crippen molar-refractivity contribution in [2.45, 2.75) is 6.54 Å². The Kier molecular flexibility index (Phi) is 5.70. The van der Waals surface area contributed by atoms with Crippen LogP contribution in [0.15, 0.2) is 67.1 Å². The number of amides is 3. The van der Waals surface area contributed by atoms with Crippen molar-refractivity contribution in [3.8, 4) is 11.1 Å². The first-order valence-corrected chi connectivity index (χ1v) is 11.3. The van der Waals surface area contributed by atoms with Crippen LogP contribution >= 0.6 is 0 Å². The van der Waals surface area contributed by atoms with Crippen LogP contribution in [0.25, 0.3) is 22.0 Å². The largest absolute Gasteiger partial charge is 0.378 e. The van der Waals surface area contributed by atoms with Gasteiger partial charge in [-0.1, -0.05) is 37.4 Å². The zero-order valence-corrected chi connectivity index (χ0v) is 19.4. The standard InChI is InChI=1S/C26H25N5O4/c1-16(25(33)30-9-11-35-12-10-30)27-24(32)17(2)31-15-22-20(5-4-6-21(22)26(31)34)18-7-8-19-14-29(3)28-23(19)13-18/h4-8,13-14H,1-2,9-12,15H2,3H3,(H,27,32). The van der Waals surface area contributed by atoms with Crippen LogP contribution in [0.2, 0.25) is 0 Å². The van der Waals surface area contributed by atoms with E-state index in [-0.39, 0.29) is 29.8 Å². The molecule has 3 aromatic rings. The number of ether oxygens (including phenoxy) is 1. The lowest BCUT2D eigenvalue weighted by Gasteiger charge is -2.27. The van der Waals surface area contributed by atoms with Crippen LogP contribution in [0.1, 0.15) is 15.9 Å². The second kappa shape index (κ2) is 8.84. The number of carbonyl (C=O) groups is 3. The highest BCUT2D eigenvalue weighted by Gasteiger charge is 2.34. The minimum absolute atomic E-state index is 0.0479. The molecule has 0 spiro atoms. The number of aromatic nitrogens is 2. The number of hydrogen-bond acceptors (Lipinski definition) is 5. The summed E-state index contributed by atoms with van der Waals surface area (Å²) in [7, 11) is 1.87. The lowest BCUT2D eigenvalue weighted by Crippen LogP contribution is -2.45. The number of benzene rings is 2. The van der Waals surface area contributed by atoms with Crippen LogP contribution in [0, 0.1) is 0 Å². The van der Waals surface area contributed by atoms with Crippen molar-refractivity contribution >= 4 is 28.6 Å². The van der Waals surface area contributed by atoms with E-state index in [4.69, 9.17) is 4.74 Å². The highest BCUT2D eigenvalue weighted by atomic mass is 16.5. The third-order valence-electron chi connectivity index (χ3n) is 6.31. The molecule has 178 valence electrons. The molecule has 2 aliphatic rings. The molecule has 9 nitrogen and oxygen atoms in total. The maximum absolute atomic E-state index is 13.2. The Balaban J connectivity index is 1.34. The van der Waals surface area contributed by atoms with Gasteiger partial charge in [-0.25, -0.2) is 0 Å². The third-order valence-corrected chi connectivity index (χ3v) is 6.31. The van der Waals surface area contributed by atoms with Gasteiger partial charge in [-0.2, -0.15) is 5.10 Å². The van der Waals surface area contributed by atoms with E-state index in [0.717, 1.165) is 27.6 Å². The smallest absolute Gasteiger partial charge is 0.271 e. The van der Waals surface area contributed by atoms with Crippen LogP contribution in [0.4, 0.5) is 0 Å². The molecule has 35 heavy (non-hydrogen) atoms. The molecule has 1 fully saturated rings. The van der Waals surface area contributed by atoms with Crippen LogP contribution in [0.3, 0.4) is 0 Å². The molecule has 5 rings (SSSR count). The predicted octanol–water partition coefficient (Wildman–Crippen LogP) is 2.20. The fraction of sp³-hybridized carbons (Fsp3) is 0.231. The van der Waals surface area contributed by atoms with Gasteiger partial charge in [-0.15, -0.1) is 0 Å². The molecule has 0 unspecified atom stereocenters. The van der Waals surface area contributed by atoms with E-state index in [9.17, 15) is 14.4 Å². The molecule has 9 heteroatoms. The fourth-order valence-electron chi connectivity index (χ4n) is 4.47. The van der Waals surface area contributed by atoms with Gasteiger partial charge in [-0.05, 0) is 28.8 Å². The molecular weight excluding hydrogens is 446 g/mol. The highest BCUT2D eigenvalue weighted by molar-refractivity contribution is 6.08. The van der Waals surface area contributed by atoms with E-state index in [2.05, 4.69) is 23.6 Å². The maximum atomic E-state index is 13.2. The van der Waals surface area contributed by atoms with Crippen molar-refractivity contribution in [1.29, 1.82) is 0 Å². The van der Waals surface area contributed by atoms with Crippen molar-refractivity contribution < 1.29 is 19.1 Å². The number of fused-ring (bicyclic) bond motifs is 2. The maximum Gasteiger partial charge on any atom is 0.271 e. The topological polar surface area (TPSA) is 96.8 Å². The highest BCUT2D eigenvalue weighted by Crippen LogP contribution is 2.35. The van der Waals surface area contributed by atoms with E-state index in [0.29, 0.717) is 31.9 Å². The average molecular weight is 472 g/mol. The van der Waals surface area contributed by atoms with Crippen LogP contribution < -0.4 is 5.32 Å². The zero-order chi connectivity index (χ0) is 24.7. The molecule has 2 aromatic carbocycles. The number of rotatable bonds is 5. The van der Waals surface area contributed by atoms with Crippen molar-refractivity contribution in [3.63, 3.8) is 0 Å². The Morgan fingerprint density at radius 2 is 1.83 bits per heavy atom. The Hall–Kier alpha value is -4.24. The van der Waals surface area contributed by atoms with Gasteiger partial charge in [0.1, 0.15) is 5.70 Å². The van der Waals surface area contributed by atoms with Gasteiger partial charge in [0.15, 0.2) is 0 Å². The van der Waals surface area contributed by atoms with E-state index in [1.165, 1.54) is 4.90 Å². The summed E-state index contributed by atoms with van der Waals surface area (Å²) in [5, 5.41) is 8.00. The molecule has 0 atom stereocenters. The van der Waals surface area contributed by atoms with E-state index in [1.807, 2.05) is 43.6 Å². The van der Waals surface area contributed by atoms with Crippen molar-refractivity contribution in [3.05, 3.63) is 78.3 Å². The summed E-state index contributed by atoms with van der Waals surface area (Å²) in [4.78, 5) is 41.5. The lowest BCUT2D eigenvalue weighted by atomic mass is 9.96. The molecule has 3 amide bonds. The first-order chi connectivity index (χ1) is 16.8. The monoisotopic (exact) mass is 471 g/mol. The lowest BCUT2D eigenvalue weighted by molar-refractivity contribution is -0.132. The van der Waals surface area contributed by atoms with Crippen LogP contribution in [0.5, 0.6) is 0 Å². The Morgan fingerprint density at radius 1 is 1.09 bits per heavy atom. The first-order valence-electron chi connectivity index (χ1n) is 11.3. The van der Waals surface area contributed by atoms with Crippen LogP contribution in [-0.2, 0) is 27.9 Å². The normalized spacial score (nSPS) is 15.3. The summed E-state index contributed by atoms with van der Waals surface area (Å²) in [6.45, 7) is 9.48. The zero-order valence-electron chi connectivity index (χ0n) is 19.4. The first kappa shape index (κ1) is 22.5. The summed E-state index contributed by atoms with van der Waals surface area (Å²) >= 11 is 0. The minimum Gasteiger partial charge on any atom is -0.378 e. The molecular formula is C26H25N5O4. The molecule has 2 aliphatic heterocycles. The number of nitrogens with zero attached hydrogens (tertiary/aromatic N) is 4. The number of carbonyl (C=O) groups excluding carboxylic acids is 3. The van der Waals surface area contributed by atoms with Gasteiger partial charge in [0.25, 0.3) is 17.7 Å². The van der Waals surface area contributed by atoms with E-state index < -0.39 is 5.91 Å². The van der Waals surface area contributed by atoms with Crippen molar-refractivity contribution in [2.75, 3.05) is 26.3 Å². The number of aryl methyl sites for hydroxylation is 1. The number of morpholine rings is 1. The molecule has 1 saturated heterocycles. The van der Waals surface area contributed by atoms with E-state index in [1.54, 1.807) is 15.6 Å². The van der Waals surface area contributed by atoms with Gasteiger partial charge >= 0.3 is 0 Å². The molecule has 1 aromatic heterocycles. The summed E-state index contributed by atoms with van der Waals surface area (Å²) in [6, 6.07) is 11.5. The minimum atomic E-state index is -0.644. The summed E-state index contributed by atoms with van der Waals surface area (Å²) in [5.74, 6) is -1.34. The Morgan fingerprint density at radius 3 is 2.60 bits per heavy atom. The number of hydrogen-bond donors (Lipinski definition) is 1. The molecule has 0 saturated carbocycles. The van der Waals surface area contributed by atoms with Gasteiger partial charge in [0.2, 0.25) is 0 Å².